The molecule has 0 aliphatic heterocycles. The first-order valence-electron chi connectivity index (χ1n) is 10.0. The molecule has 0 fully saturated rings. The third kappa shape index (κ3) is 4.04. The van der Waals surface area contributed by atoms with Gasteiger partial charge in [-0.05, 0) is 24.6 Å². The van der Waals surface area contributed by atoms with Crippen LogP contribution in [0.2, 0.25) is 0 Å². The predicted octanol–water partition coefficient (Wildman–Crippen LogP) is 2.94. The van der Waals surface area contributed by atoms with E-state index in [1.807, 2.05) is 6.07 Å². The van der Waals surface area contributed by atoms with E-state index in [4.69, 9.17) is 11.5 Å². The van der Waals surface area contributed by atoms with Crippen LogP contribution in [0, 0.1) is 18.3 Å². The smallest absolute Gasteiger partial charge is 0.366 e. The summed E-state index contributed by atoms with van der Waals surface area (Å²) in [5.74, 6) is -2.21. The molecule has 0 saturated heterocycles. The van der Waals surface area contributed by atoms with Gasteiger partial charge in [0.15, 0.2) is 5.69 Å². The predicted molar refractivity (Wildman–Crippen MR) is 118 cm³/mol. The van der Waals surface area contributed by atoms with Crippen LogP contribution in [-0.2, 0) is 12.7 Å². The Bertz CT molecular complexity index is 1550. The summed E-state index contributed by atoms with van der Waals surface area (Å²) >= 11 is 0. The van der Waals surface area contributed by atoms with Crippen LogP contribution in [0.15, 0.2) is 42.7 Å². The maximum Gasteiger partial charge on any atom is 0.435 e. The van der Waals surface area contributed by atoms with Crippen LogP contribution in [-0.4, -0.2) is 31.6 Å². The molecule has 4 rings (SSSR count). The van der Waals surface area contributed by atoms with Gasteiger partial charge in [-0.15, -0.1) is 0 Å². The lowest BCUT2D eigenvalue weighted by Crippen LogP contribution is -2.21. The number of carbonyl (C=O) groups excluding carboxylic acids is 2. The van der Waals surface area contributed by atoms with Gasteiger partial charge in [-0.3, -0.25) is 19.3 Å². The molecule has 3 heterocycles. The van der Waals surface area contributed by atoms with Crippen LogP contribution in [0.1, 0.15) is 43.4 Å². The van der Waals surface area contributed by atoms with E-state index < -0.39 is 40.5 Å². The second-order valence-electron chi connectivity index (χ2n) is 7.57. The second-order valence-corrected chi connectivity index (χ2v) is 7.57. The molecule has 0 radical (unpaired) electrons. The molecule has 0 aliphatic carbocycles. The third-order valence-electron chi connectivity index (χ3n) is 5.45. The second kappa shape index (κ2) is 8.53. The number of pyridine rings is 2. The lowest BCUT2D eigenvalue weighted by Gasteiger charge is -2.16. The highest BCUT2D eigenvalue weighted by atomic mass is 19.4. The number of nitrogens with zero attached hydrogens (tertiary/aromatic N) is 5. The fourth-order valence-corrected chi connectivity index (χ4v) is 3.91. The van der Waals surface area contributed by atoms with Gasteiger partial charge >= 0.3 is 6.18 Å². The summed E-state index contributed by atoms with van der Waals surface area (Å²) < 4.78 is 43.6. The van der Waals surface area contributed by atoms with Gasteiger partial charge in [0.05, 0.1) is 23.2 Å². The van der Waals surface area contributed by atoms with Crippen LogP contribution < -0.4 is 11.5 Å². The zero-order valence-corrected chi connectivity index (χ0v) is 18.1. The van der Waals surface area contributed by atoms with Gasteiger partial charge in [0.25, 0.3) is 5.91 Å². The van der Waals surface area contributed by atoms with Crippen LogP contribution >= 0.6 is 0 Å². The van der Waals surface area contributed by atoms with Crippen LogP contribution in [0.5, 0.6) is 0 Å². The van der Waals surface area contributed by atoms with Crippen molar-refractivity contribution in [3.63, 3.8) is 0 Å². The van der Waals surface area contributed by atoms with Gasteiger partial charge < -0.3 is 11.5 Å². The van der Waals surface area contributed by atoms with E-state index in [9.17, 15) is 28.0 Å². The summed E-state index contributed by atoms with van der Waals surface area (Å²) in [5.41, 5.74) is 8.48. The molecule has 4 aromatic rings. The highest BCUT2D eigenvalue weighted by molar-refractivity contribution is 6.15. The van der Waals surface area contributed by atoms with Gasteiger partial charge in [0.1, 0.15) is 11.8 Å². The quantitative estimate of drug-likeness (QED) is 0.449. The highest BCUT2D eigenvalue weighted by Gasteiger charge is 2.41. The van der Waals surface area contributed by atoms with Gasteiger partial charge in [-0.25, -0.2) is 4.98 Å². The molecule has 176 valence electrons. The van der Waals surface area contributed by atoms with Gasteiger partial charge in [-0.1, -0.05) is 18.2 Å². The molecule has 0 spiro atoms. The van der Waals surface area contributed by atoms with E-state index in [0.717, 1.165) is 4.68 Å². The number of hydrogen-bond donors (Lipinski definition) is 2. The molecule has 0 aliphatic rings. The van der Waals surface area contributed by atoms with E-state index in [2.05, 4.69) is 15.1 Å². The molecule has 35 heavy (non-hydrogen) atoms. The minimum Gasteiger partial charge on any atom is -0.366 e. The number of amides is 2. The third-order valence-corrected chi connectivity index (χ3v) is 5.45. The number of primary amides is 2. The van der Waals surface area contributed by atoms with Crippen molar-refractivity contribution in [2.24, 2.45) is 11.5 Å². The average Bonchev–Trinajstić information content (AvgIpc) is 3.14. The molecule has 0 saturated carbocycles. The molecular weight excluding hydrogens is 463 g/mol. The summed E-state index contributed by atoms with van der Waals surface area (Å²) in [6, 6.07) is 9.48. The number of aromatic nitrogens is 4. The van der Waals surface area contributed by atoms with Crippen molar-refractivity contribution in [2.75, 3.05) is 0 Å². The average molecular weight is 479 g/mol. The zero-order valence-electron chi connectivity index (χ0n) is 18.1. The molecule has 12 heteroatoms. The Morgan fingerprint density at radius 1 is 1.11 bits per heavy atom. The Kier molecular flexibility index (Phi) is 5.69. The summed E-state index contributed by atoms with van der Waals surface area (Å²) in [6.07, 6.45) is -2.30. The Labute approximate surface area is 195 Å². The van der Waals surface area contributed by atoms with E-state index in [1.54, 1.807) is 12.1 Å². The van der Waals surface area contributed by atoms with Crippen molar-refractivity contribution in [3.05, 3.63) is 76.5 Å². The van der Waals surface area contributed by atoms with Crippen molar-refractivity contribution in [2.45, 2.75) is 19.6 Å². The van der Waals surface area contributed by atoms with Crippen LogP contribution in [0.4, 0.5) is 13.2 Å². The number of fused-ring (bicyclic) bond motifs is 1. The van der Waals surface area contributed by atoms with Crippen LogP contribution in [0.25, 0.3) is 22.0 Å². The fraction of sp³-hybridized carbons (Fsp3) is 0.130. The first kappa shape index (κ1) is 23.4. The van der Waals surface area contributed by atoms with Gasteiger partial charge in [0, 0.05) is 34.6 Å². The molecule has 1 aromatic carbocycles. The normalized spacial score (nSPS) is 11.4. The topological polar surface area (TPSA) is 154 Å². The van der Waals surface area contributed by atoms with Crippen molar-refractivity contribution in [3.8, 4) is 17.2 Å². The lowest BCUT2D eigenvalue weighted by atomic mass is 9.92. The van der Waals surface area contributed by atoms with E-state index in [-0.39, 0.29) is 34.3 Å². The number of nitriles is 1. The lowest BCUT2D eigenvalue weighted by molar-refractivity contribution is -0.141. The van der Waals surface area contributed by atoms with Crippen molar-refractivity contribution < 1.29 is 22.8 Å². The number of nitrogens with two attached hydrogens (primary N) is 2. The Balaban J connectivity index is 2.11. The van der Waals surface area contributed by atoms with Gasteiger partial charge in [0.2, 0.25) is 5.91 Å². The zero-order chi connectivity index (χ0) is 25.5. The molecule has 2 amide bonds. The van der Waals surface area contributed by atoms with E-state index in [0.29, 0.717) is 5.56 Å². The molecule has 0 bridgehead atoms. The molecule has 3 aromatic heterocycles. The SMILES string of the molecule is Cc1c(-c2c(C(N)=O)nc3ccccc3c2C(N)=O)c(C(F)(F)F)nn1Cc1ccncc1C#N. The number of rotatable bonds is 5. The minimum atomic E-state index is -4.98. The monoisotopic (exact) mass is 479 g/mol. The standard InChI is InChI=1S/C23H16F3N7O2/c1-11-16(18-17(21(28)34)14-4-2-3-5-15(14)31-19(18)22(29)35)20(23(24,25)26)32-33(11)10-12-6-7-30-9-13(12)8-27/h2-7,9H,10H2,1H3,(H2,28,34)(H2,29,35). The Morgan fingerprint density at radius 2 is 1.83 bits per heavy atom. The maximum atomic E-state index is 14.2. The number of para-hydroxylation sites is 1. The number of benzene rings is 1. The number of carbonyl (C=O) groups is 2. The molecule has 0 atom stereocenters. The number of alkyl halides is 3. The highest BCUT2D eigenvalue weighted by Crippen LogP contribution is 2.42. The molecule has 0 unspecified atom stereocenters. The number of hydrogen-bond acceptors (Lipinski definition) is 6. The first-order chi connectivity index (χ1) is 16.5. The molecule has 9 nitrogen and oxygen atoms in total. The van der Waals surface area contributed by atoms with Crippen molar-refractivity contribution in [1.82, 2.24) is 19.7 Å². The number of halogens is 3. The molecule has 4 N–H and O–H groups in total. The summed E-state index contributed by atoms with van der Waals surface area (Å²) in [7, 11) is 0. The Morgan fingerprint density at radius 3 is 2.46 bits per heavy atom. The maximum absolute atomic E-state index is 14.2. The summed E-state index contributed by atoms with van der Waals surface area (Å²) in [5, 5.41) is 13.2. The minimum absolute atomic E-state index is 0.0416. The van der Waals surface area contributed by atoms with Gasteiger partial charge in [-0.2, -0.15) is 23.5 Å². The van der Waals surface area contributed by atoms with Crippen LogP contribution in [0.3, 0.4) is 0 Å². The van der Waals surface area contributed by atoms with Crippen molar-refractivity contribution >= 4 is 22.7 Å². The van der Waals surface area contributed by atoms with E-state index >= 15 is 0 Å². The summed E-state index contributed by atoms with van der Waals surface area (Å²) in [4.78, 5) is 32.8. The largest absolute Gasteiger partial charge is 0.435 e. The fourth-order valence-electron chi connectivity index (χ4n) is 3.91. The van der Waals surface area contributed by atoms with Crippen molar-refractivity contribution in [1.29, 1.82) is 5.26 Å². The molecular formula is C23H16F3N7O2. The Hall–Kier alpha value is -4.79. The first-order valence-corrected chi connectivity index (χ1v) is 10.0. The van der Waals surface area contributed by atoms with E-state index in [1.165, 1.54) is 37.5 Å². The summed E-state index contributed by atoms with van der Waals surface area (Å²) in [6.45, 7) is 1.13.